The maximum Gasteiger partial charge on any atom is 0.164 e. The number of fused-ring (bicyclic) bond motifs is 1. The zero-order valence-electron chi connectivity index (χ0n) is 14.7. The Balaban J connectivity index is 0.00000156. The van der Waals surface area contributed by atoms with Crippen LogP contribution in [0.15, 0.2) is 42.5 Å². The second-order valence-corrected chi connectivity index (χ2v) is 6.03. The zero-order valence-corrected chi connectivity index (χ0v) is 15.5. The molecule has 1 aliphatic heterocycles. The van der Waals surface area contributed by atoms with Gasteiger partial charge in [0.25, 0.3) is 0 Å². The van der Waals surface area contributed by atoms with E-state index in [1.807, 2.05) is 12.1 Å². The number of para-hydroxylation sites is 1. The summed E-state index contributed by atoms with van der Waals surface area (Å²) in [6.45, 7) is 5.38. The molecule has 1 aliphatic rings. The molecule has 0 saturated heterocycles. The molecule has 4 nitrogen and oxygen atoms in total. The Hall–Kier alpha value is -1.75. The summed E-state index contributed by atoms with van der Waals surface area (Å²) in [4.78, 5) is 0. The molecule has 25 heavy (non-hydrogen) atoms. The molecule has 3 N–H and O–H groups in total. The van der Waals surface area contributed by atoms with Crippen LogP contribution in [-0.4, -0.2) is 31.8 Å². The van der Waals surface area contributed by atoms with Gasteiger partial charge in [0.1, 0.15) is 6.61 Å². The van der Waals surface area contributed by atoms with Crippen LogP contribution in [0.5, 0.6) is 11.5 Å². The molecule has 0 atom stereocenters. The van der Waals surface area contributed by atoms with Gasteiger partial charge in [-0.3, -0.25) is 0 Å². The molecule has 0 amide bonds. The van der Waals surface area contributed by atoms with Gasteiger partial charge in [-0.15, -0.1) is 12.4 Å². The Bertz CT molecular complexity index is 631. The number of hydrogen-bond acceptors (Lipinski definition) is 3. The molecule has 0 fully saturated rings. The van der Waals surface area contributed by atoms with Gasteiger partial charge in [-0.05, 0) is 49.9 Å². The van der Waals surface area contributed by atoms with Crippen LogP contribution in [-0.2, 0) is 12.8 Å². The highest BCUT2D eigenvalue weighted by Gasteiger charge is 2.14. The van der Waals surface area contributed by atoms with Crippen LogP contribution in [0.3, 0.4) is 0 Å². The number of rotatable bonds is 7. The largest absolute Gasteiger partial charge is 0.489 e. The summed E-state index contributed by atoms with van der Waals surface area (Å²) >= 11 is 0. The topological polar surface area (TPSA) is 62.0 Å². The first-order chi connectivity index (χ1) is 11.3. The molecule has 0 spiro atoms. The minimum atomic E-state index is 0. The van der Waals surface area contributed by atoms with Crippen LogP contribution in [0.2, 0.25) is 0 Å². The Morgan fingerprint density at radius 2 is 1.88 bits per heavy atom. The predicted molar refractivity (Wildman–Crippen MR) is 104 cm³/mol. The molecule has 2 aromatic rings. The van der Waals surface area contributed by atoms with Crippen molar-refractivity contribution in [3.63, 3.8) is 0 Å². The summed E-state index contributed by atoms with van der Waals surface area (Å²) in [5.74, 6) is 1.82. The molecule has 0 saturated carbocycles. The number of ether oxygens (including phenoxy) is 2. The third-order valence-electron chi connectivity index (χ3n) is 4.14. The molecule has 0 aromatic heterocycles. The standard InChI is InChI=1S/C20H25NO2.ClH.H2O/c1-16-7-9-17(10-8-16)11-12-21-13-15-22-19-6-2-4-18-5-3-14-23-20(18)19;;/h2,4,6-10,21H,3,5,11-15H2,1H3;1H;1H2. The van der Waals surface area contributed by atoms with Crippen molar-refractivity contribution in [2.75, 3.05) is 26.3 Å². The highest BCUT2D eigenvalue weighted by Crippen LogP contribution is 2.34. The highest BCUT2D eigenvalue weighted by atomic mass is 35.5. The maximum atomic E-state index is 5.88. The molecule has 0 aliphatic carbocycles. The first-order valence-corrected chi connectivity index (χ1v) is 8.47. The molecule has 0 radical (unpaired) electrons. The Morgan fingerprint density at radius 3 is 2.68 bits per heavy atom. The average Bonchev–Trinajstić information content (AvgIpc) is 2.59. The lowest BCUT2D eigenvalue weighted by Crippen LogP contribution is -2.23. The summed E-state index contributed by atoms with van der Waals surface area (Å²) < 4.78 is 11.6. The molecule has 138 valence electrons. The second-order valence-electron chi connectivity index (χ2n) is 6.03. The fourth-order valence-electron chi connectivity index (χ4n) is 2.82. The van der Waals surface area contributed by atoms with Gasteiger partial charge < -0.3 is 20.3 Å². The van der Waals surface area contributed by atoms with Crippen molar-refractivity contribution >= 4 is 12.4 Å². The van der Waals surface area contributed by atoms with E-state index in [1.54, 1.807) is 0 Å². The Labute approximate surface area is 156 Å². The quantitative estimate of drug-likeness (QED) is 0.767. The molecule has 0 unspecified atom stereocenters. The molecule has 3 rings (SSSR count). The van der Waals surface area contributed by atoms with Gasteiger partial charge in [-0.1, -0.05) is 42.0 Å². The summed E-state index contributed by atoms with van der Waals surface area (Å²) in [6, 6.07) is 14.9. The average molecular weight is 366 g/mol. The van der Waals surface area contributed by atoms with E-state index in [2.05, 4.69) is 42.6 Å². The van der Waals surface area contributed by atoms with E-state index in [-0.39, 0.29) is 17.9 Å². The minimum absolute atomic E-state index is 0. The van der Waals surface area contributed by atoms with Crippen LogP contribution in [0.25, 0.3) is 0 Å². The van der Waals surface area contributed by atoms with E-state index in [9.17, 15) is 0 Å². The van der Waals surface area contributed by atoms with Crippen LogP contribution < -0.4 is 14.8 Å². The lowest BCUT2D eigenvalue weighted by Gasteiger charge is -2.20. The second kappa shape index (κ2) is 11.0. The third-order valence-corrected chi connectivity index (χ3v) is 4.14. The lowest BCUT2D eigenvalue weighted by atomic mass is 10.1. The molecular formula is C20H28ClNO3. The summed E-state index contributed by atoms with van der Waals surface area (Å²) in [5, 5.41) is 3.43. The fraction of sp³-hybridized carbons (Fsp3) is 0.400. The van der Waals surface area contributed by atoms with Gasteiger partial charge >= 0.3 is 0 Å². The normalized spacial score (nSPS) is 12.2. The van der Waals surface area contributed by atoms with E-state index in [1.165, 1.54) is 16.7 Å². The number of aryl methyl sites for hydroxylation is 2. The van der Waals surface area contributed by atoms with Crippen LogP contribution in [0.4, 0.5) is 0 Å². The van der Waals surface area contributed by atoms with Crippen molar-refractivity contribution in [2.45, 2.75) is 26.2 Å². The van der Waals surface area contributed by atoms with Crippen LogP contribution in [0.1, 0.15) is 23.1 Å². The van der Waals surface area contributed by atoms with Crippen molar-refractivity contribution in [3.8, 4) is 11.5 Å². The summed E-state index contributed by atoms with van der Waals surface area (Å²) in [6.07, 6.45) is 3.22. The van der Waals surface area contributed by atoms with Crippen molar-refractivity contribution < 1.29 is 14.9 Å². The Morgan fingerprint density at radius 1 is 1.08 bits per heavy atom. The van der Waals surface area contributed by atoms with Crippen molar-refractivity contribution in [1.82, 2.24) is 5.32 Å². The molecular weight excluding hydrogens is 338 g/mol. The number of benzene rings is 2. The van der Waals surface area contributed by atoms with Gasteiger partial charge in [0, 0.05) is 6.54 Å². The van der Waals surface area contributed by atoms with Gasteiger partial charge in [-0.2, -0.15) is 0 Å². The predicted octanol–water partition coefficient (Wildman–Crippen LogP) is 3.13. The number of nitrogens with one attached hydrogen (secondary N) is 1. The van der Waals surface area contributed by atoms with Gasteiger partial charge in [0.05, 0.1) is 6.61 Å². The Kier molecular flexibility index (Phi) is 9.35. The SMILES string of the molecule is Cc1ccc(CCNCCOc2cccc3c2OCCC3)cc1.Cl.O. The third kappa shape index (κ3) is 6.24. The van der Waals surface area contributed by atoms with E-state index >= 15 is 0 Å². The van der Waals surface area contributed by atoms with Crippen LogP contribution in [0, 0.1) is 6.92 Å². The molecule has 1 heterocycles. The first-order valence-electron chi connectivity index (χ1n) is 8.47. The van der Waals surface area contributed by atoms with Crippen molar-refractivity contribution in [2.24, 2.45) is 0 Å². The molecule has 2 aromatic carbocycles. The monoisotopic (exact) mass is 365 g/mol. The zero-order chi connectivity index (χ0) is 15.9. The lowest BCUT2D eigenvalue weighted by molar-refractivity contribution is 0.251. The maximum absolute atomic E-state index is 5.88. The van der Waals surface area contributed by atoms with Gasteiger partial charge in [0.2, 0.25) is 0 Å². The van der Waals surface area contributed by atoms with E-state index in [0.717, 1.165) is 50.5 Å². The van der Waals surface area contributed by atoms with E-state index in [0.29, 0.717) is 6.61 Å². The smallest absolute Gasteiger partial charge is 0.164 e. The van der Waals surface area contributed by atoms with Crippen molar-refractivity contribution in [3.05, 3.63) is 59.2 Å². The number of hydrogen-bond donors (Lipinski definition) is 1. The molecule has 5 heteroatoms. The fourth-order valence-corrected chi connectivity index (χ4v) is 2.82. The summed E-state index contributed by atoms with van der Waals surface area (Å²) in [7, 11) is 0. The van der Waals surface area contributed by atoms with E-state index < -0.39 is 0 Å². The molecule has 0 bridgehead atoms. The van der Waals surface area contributed by atoms with E-state index in [4.69, 9.17) is 9.47 Å². The van der Waals surface area contributed by atoms with Gasteiger partial charge in [0.15, 0.2) is 11.5 Å². The summed E-state index contributed by atoms with van der Waals surface area (Å²) in [5.41, 5.74) is 3.94. The first kappa shape index (κ1) is 21.3. The highest BCUT2D eigenvalue weighted by molar-refractivity contribution is 5.85. The van der Waals surface area contributed by atoms with Crippen LogP contribution >= 0.6 is 12.4 Å². The van der Waals surface area contributed by atoms with Gasteiger partial charge in [-0.25, -0.2) is 0 Å². The minimum Gasteiger partial charge on any atom is -0.489 e. The van der Waals surface area contributed by atoms with Crippen molar-refractivity contribution in [1.29, 1.82) is 0 Å². The number of halogens is 1.